The van der Waals surface area contributed by atoms with Crippen LogP contribution in [-0.4, -0.2) is 45.2 Å². The summed E-state index contributed by atoms with van der Waals surface area (Å²) in [6.45, 7) is 5.37. The van der Waals surface area contributed by atoms with Crippen molar-refractivity contribution in [2.75, 3.05) is 19.5 Å². The van der Waals surface area contributed by atoms with E-state index in [1.807, 2.05) is 0 Å². The first-order valence-electron chi connectivity index (χ1n) is 5.62. The molecular weight excluding hydrogens is 244 g/mol. The number of hydrogen-bond donors (Lipinski definition) is 0. The molecule has 2 unspecified atom stereocenters. The molecule has 0 aliphatic carbocycles. The minimum atomic E-state index is -3.35. The average molecular weight is 264 g/mol. The highest BCUT2D eigenvalue weighted by Crippen LogP contribution is 2.27. The second-order valence-electron chi connectivity index (χ2n) is 5.09. The van der Waals surface area contributed by atoms with Crippen LogP contribution in [0.25, 0.3) is 0 Å². The molecule has 1 aliphatic heterocycles. The van der Waals surface area contributed by atoms with E-state index in [1.165, 1.54) is 7.11 Å². The Morgan fingerprint density at radius 1 is 1.47 bits per heavy atom. The van der Waals surface area contributed by atoms with Crippen molar-refractivity contribution in [3.8, 4) is 0 Å². The van der Waals surface area contributed by atoms with E-state index >= 15 is 0 Å². The number of ether oxygens (including phenoxy) is 2. The molecule has 0 spiro atoms. The Balaban J connectivity index is 2.83. The molecule has 1 fully saturated rings. The molecule has 0 aromatic carbocycles. The third-order valence-corrected chi connectivity index (χ3v) is 5.73. The van der Waals surface area contributed by atoms with Gasteiger partial charge in [0.2, 0.25) is 0 Å². The fourth-order valence-corrected chi connectivity index (χ4v) is 4.58. The summed E-state index contributed by atoms with van der Waals surface area (Å²) in [7, 11) is -2.09. The fraction of sp³-hybridized carbons (Fsp3) is 0.909. The second kappa shape index (κ2) is 4.94. The smallest absolute Gasteiger partial charge is 0.312 e. The van der Waals surface area contributed by atoms with Crippen molar-refractivity contribution in [2.45, 2.75) is 38.5 Å². The van der Waals surface area contributed by atoms with E-state index in [0.717, 1.165) is 0 Å². The lowest BCUT2D eigenvalue weighted by Crippen LogP contribution is -2.39. The van der Waals surface area contributed by atoms with Gasteiger partial charge >= 0.3 is 5.97 Å². The summed E-state index contributed by atoms with van der Waals surface area (Å²) in [5.41, 5.74) is -1.02. The lowest BCUT2D eigenvalue weighted by Gasteiger charge is -2.24. The van der Waals surface area contributed by atoms with Gasteiger partial charge in [-0.05, 0) is 27.2 Å². The van der Waals surface area contributed by atoms with E-state index in [0.29, 0.717) is 13.0 Å². The zero-order valence-corrected chi connectivity index (χ0v) is 11.5. The summed E-state index contributed by atoms with van der Waals surface area (Å²) in [5, 5.41) is -0.508. The van der Waals surface area contributed by atoms with Crippen LogP contribution in [0.5, 0.6) is 0 Å². The fourth-order valence-electron chi connectivity index (χ4n) is 2.13. The Labute approximate surface area is 102 Å². The van der Waals surface area contributed by atoms with Crippen molar-refractivity contribution in [2.24, 2.45) is 5.41 Å². The molecule has 0 aromatic rings. The van der Waals surface area contributed by atoms with Gasteiger partial charge in [0.05, 0.1) is 29.6 Å². The summed E-state index contributed by atoms with van der Waals surface area (Å²) >= 11 is 0. The predicted molar refractivity (Wildman–Crippen MR) is 63.4 cm³/mol. The van der Waals surface area contributed by atoms with E-state index in [1.54, 1.807) is 20.8 Å². The van der Waals surface area contributed by atoms with Crippen molar-refractivity contribution < 1.29 is 22.7 Å². The SMILES string of the molecule is COC(=O)C(C)(C)CS(=O)(=O)C1CCOC1C. The molecule has 1 rings (SSSR count). The summed E-state index contributed by atoms with van der Waals surface area (Å²) in [6, 6.07) is 0. The zero-order chi connectivity index (χ0) is 13.3. The van der Waals surface area contributed by atoms with Gasteiger partial charge in [0.25, 0.3) is 0 Å². The molecule has 0 saturated carbocycles. The summed E-state index contributed by atoms with van der Waals surface area (Å²) in [4.78, 5) is 11.5. The summed E-state index contributed by atoms with van der Waals surface area (Å²) < 4.78 is 34.3. The van der Waals surface area contributed by atoms with Gasteiger partial charge in [-0.1, -0.05) is 0 Å². The van der Waals surface area contributed by atoms with Gasteiger partial charge in [-0.15, -0.1) is 0 Å². The molecular formula is C11H20O5S. The van der Waals surface area contributed by atoms with Gasteiger partial charge in [0.15, 0.2) is 9.84 Å². The van der Waals surface area contributed by atoms with Crippen LogP contribution in [0.4, 0.5) is 0 Å². The standard InChI is InChI=1S/C11H20O5S/c1-8-9(5-6-16-8)17(13,14)7-11(2,3)10(12)15-4/h8-9H,5-7H2,1-4H3. The van der Waals surface area contributed by atoms with Crippen LogP contribution in [-0.2, 0) is 24.1 Å². The molecule has 0 aromatic heterocycles. The van der Waals surface area contributed by atoms with E-state index in [9.17, 15) is 13.2 Å². The first kappa shape index (κ1) is 14.4. The van der Waals surface area contributed by atoms with Gasteiger partial charge in [0.1, 0.15) is 0 Å². The third kappa shape index (κ3) is 3.19. The second-order valence-corrected chi connectivity index (χ2v) is 7.31. The lowest BCUT2D eigenvalue weighted by atomic mass is 9.97. The van der Waals surface area contributed by atoms with Crippen molar-refractivity contribution in [1.82, 2.24) is 0 Å². The highest BCUT2D eigenvalue weighted by Gasteiger charge is 2.42. The molecule has 2 atom stereocenters. The quantitative estimate of drug-likeness (QED) is 0.702. The lowest BCUT2D eigenvalue weighted by molar-refractivity contribution is -0.149. The van der Waals surface area contributed by atoms with Gasteiger partial charge in [0, 0.05) is 6.61 Å². The Morgan fingerprint density at radius 3 is 2.47 bits per heavy atom. The number of carbonyl (C=O) groups excluding carboxylic acids is 1. The van der Waals surface area contributed by atoms with Gasteiger partial charge in [-0.2, -0.15) is 0 Å². The zero-order valence-electron chi connectivity index (χ0n) is 10.7. The van der Waals surface area contributed by atoms with E-state index < -0.39 is 26.5 Å². The highest BCUT2D eigenvalue weighted by atomic mass is 32.2. The average Bonchev–Trinajstić information content (AvgIpc) is 2.62. The summed E-state index contributed by atoms with van der Waals surface area (Å²) in [5.74, 6) is -0.710. The third-order valence-electron chi connectivity index (χ3n) is 3.07. The highest BCUT2D eigenvalue weighted by molar-refractivity contribution is 7.92. The Hall–Kier alpha value is -0.620. The number of esters is 1. The maximum atomic E-state index is 12.2. The van der Waals surface area contributed by atoms with Crippen LogP contribution < -0.4 is 0 Å². The van der Waals surface area contributed by atoms with Gasteiger partial charge in [-0.3, -0.25) is 4.79 Å². The molecule has 0 amide bonds. The van der Waals surface area contributed by atoms with Gasteiger partial charge in [-0.25, -0.2) is 8.42 Å². The van der Waals surface area contributed by atoms with Crippen LogP contribution in [0, 0.1) is 5.41 Å². The van der Waals surface area contributed by atoms with Crippen LogP contribution in [0.1, 0.15) is 27.2 Å². The Morgan fingerprint density at radius 2 is 2.06 bits per heavy atom. The molecule has 5 nitrogen and oxygen atoms in total. The minimum absolute atomic E-state index is 0.203. The first-order valence-corrected chi connectivity index (χ1v) is 7.34. The number of carbonyl (C=O) groups is 1. The van der Waals surface area contributed by atoms with Gasteiger partial charge < -0.3 is 9.47 Å². The molecule has 17 heavy (non-hydrogen) atoms. The Bertz CT molecular complexity index is 385. The van der Waals surface area contributed by atoms with Crippen LogP contribution in [0.15, 0.2) is 0 Å². The Kier molecular flexibility index (Phi) is 4.19. The molecule has 1 heterocycles. The number of sulfone groups is 1. The molecule has 1 aliphatic rings. The maximum Gasteiger partial charge on any atom is 0.312 e. The van der Waals surface area contributed by atoms with E-state index in [4.69, 9.17) is 4.74 Å². The van der Waals surface area contributed by atoms with Crippen LogP contribution in [0.3, 0.4) is 0 Å². The number of rotatable bonds is 4. The molecule has 0 N–H and O–H groups in total. The van der Waals surface area contributed by atoms with Crippen LogP contribution in [0.2, 0.25) is 0 Å². The number of hydrogen-bond acceptors (Lipinski definition) is 5. The molecule has 6 heteroatoms. The normalized spacial score (nSPS) is 25.9. The monoisotopic (exact) mass is 264 g/mol. The molecule has 1 saturated heterocycles. The van der Waals surface area contributed by atoms with E-state index in [2.05, 4.69) is 4.74 Å². The minimum Gasteiger partial charge on any atom is -0.469 e. The molecule has 0 bridgehead atoms. The topological polar surface area (TPSA) is 69.7 Å². The van der Waals surface area contributed by atoms with Crippen molar-refractivity contribution in [3.63, 3.8) is 0 Å². The first-order chi connectivity index (χ1) is 7.70. The van der Waals surface area contributed by atoms with Crippen molar-refractivity contribution in [3.05, 3.63) is 0 Å². The van der Waals surface area contributed by atoms with E-state index in [-0.39, 0.29) is 11.9 Å². The largest absolute Gasteiger partial charge is 0.469 e. The molecule has 100 valence electrons. The number of methoxy groups -OCH3 is 1. The van der Waals surface area contributed by atoms with Crippen molar-refractivity contribution in [1.29, 1.82) is 0 Å². The van der Waals surface area contributed by atoms with Crippen LogP contribution >= 0.6 is 0 Å². The predicted octanol–water partition coefficient (Wildman–Crippen LogP) is 0.778. The van der Waals surface area contributed by atoms with Crippen molar-refractivity contribution >= 4 is 15.8 Å². The molecule has 0 radical (unpaired) electrons. The maximum absolute atomic E-state index is 12.2. The summed E-state index contributed by atoms with van der Waals surface area (Å²) in [6.07, 6.45) is 0.203.